The van der Waals surface area contributed by atoms with Crippen LogP contribution in [0.5, 0.6) is 0 Å². The second kappa shape index (κ2) is 4.96. The fraction of sp³-hybridized carbons (Fsp3) is 0.900. The third kappa shape index (κ3) is 4.64. The summed E-state index contributed by atoms with van der Waals surface area (Å²) in [4.78, 5) is 13.1. The average molecular weight is 223 g/mol. The number of piperidine rings is 1. The van der Waals surface area contributed by atoms with Gasteiger partial charge in [0.2, 0.25) is 0 Å². The van der Waals surface area contributed by atoms with Gasteiger partial charge >= 0.3 is 6.18 Å². The first-order chi connectivity index (χ1) is 6.88. The lowest BCUT2D eigenvalue weighted by Gasteiger charge is -2.29. The number of ketones is 1. The summed E-state index contributed by atoms with van der Waals surface area (Å²) in [5, 5.41) is 0. The Morgan fingerprint density at radius 2 is 2.13 bits per heavy atom. The van der Waals surface area contributed by atoms with Gasteiger partial charge < -0.3 is 4.90 Å². The normalized spacial score (nSPS) is 24.5. The van der Waals surface area contributed by atoms with Crippen molar-refractivity contribution in [2.45, 2.75) is 32.4 Å². The van der Waals surface area contributed by atoms with E-state index in [1.54, 1.807) is 0 Å². The van der Waals surface area contributed by atoms with E-state index in [4.69, 9.17) is 0 Å². The molecule has 88 valence electrons. The SMILES string of the molecule is CC1CN(CCCC(F)(F)F)CCC1=O. The smallest absolute Gasteiger partial charge is 0.302 e. The molecule has 0 radical (unpaired) electrons. The summed E-state index contributed by atoms with van der Waals surface area (Å²) in [6.45, 7) is 3.49. The third-order valence-electron chi connectivity index (χ3n) is 2.69. The van der Waals surface area contributed by atoms with Gasteiger partial charge in [-0.1, -0.05) is 6.92 Å². The molecule has 1 heterocycles. The highest BCUT2D eigenvalue weighted by atomic mass is 19.4. The van der Waals surface area contributed by atoms with Crippen LogP contribution in [0.25, 0.3) is 0 Å². The minimum atomic E-state index is -4.06. The molecule has 2 nitrogen and oxygen atoms in total. The molecule has 0 bridgehead atoms. The van der Waals surface area contributed by atoms with E-state index in [1.165, 1.54) is 0 Å². The molecule has 1 saturated heterocycles. The fourth-order valence-electron chi connectivity index (χ4n) is 1.80. The molecule has 1 aliphatic rings. The molecule has 1 aliphatic heterocycles. The van der Waals surface area contributed by atoms with E-state index >= 15 is 0 Å². The van der Waals surface area contributed by atoms with E-state index in [0.29, 0.717) is 26.1 Å². The standard InChI is InChI=1S/C10H16F3NO/c1-8-7-14(6-3-9(8)15)5-2-4-10(11,12)13/h8H,2-7H2,1H3. The monoisotopic (exact) mass is 223 g/mol. The van der Waals surface area contributed by atoms with Crippen LogP contribution in [-0.4, -0.2) is 36.5 Å². The molecular weight excluding hydrogens is 207 g/mol. The molecule has 1 fully saturated rings. The third-order valence-corrected chi connectivity index (χ3v) is 2.69. The van der Waals surface area contributed by atoms with Gasteiger partial charge in [-0.25, -0.2) is 0 Å². The summed E-state index contributed by atoms with van der Waals surface area (Å²) in [5.74, 6) is 0.201. The molecule has 1 unspecified atom stereocenters. The highest BCUT2D eigenvalue weighted by molar-refractivity contribution is 5.81. The maximum atomic E-state index is 11.9. The van der Waals surface area contributed by atoms with Gasteiger partial charge in [-0.15, -0.1) is 0 Å². The second-order valence-electron chi connectivity index (χ2n) is 4.14. The van der Waals surface area contributed by atoms with Crippen LogP contribution in [-0.2, 0) is 4.79 Å². The molecular formula is C10H16F3NO. The molecule has 0 aromatic rings. The summed E-state index contributed by atoms with van der Waals surface area (Å²) < 4.78 is 35.6. The van der Waals surface area contributed by atoms with Crippen LogP contribution in [0.4, 0.5) is 13.2 Å². The molecule has 1 atom stereocenters. The highest BCUT2D eigenvalue weighted by Crippen LogP contribution is 2.22. The topological polar surface area (TPSA) is 20.3 Å². The lowest BCUT2D eigenvalue weighted by atomic mass is 9.98. The largest absolute Gasteiger partial charge is 0.389 e. The maximum Gasteiger partial charge on any atom is 0.389 e. The summed E-state index contributed by atoms with van der Waals surface area (Å²) in [6, 6.07) is 0. The van der Waals surface area contributed by atoms with Crippen LogP contribution in [0.1, 0.15) is 26.2 Å². The second-order valence-corrected chi connectivity index (χ2v) is 4.14. The first kappa shape index (κ1) is 12.5. The zero-order valence-corrected chi connectivity index (χ0v) is 8.81. The van der Waals surface area contributed by atoms with Crippen molar-refractivity contribution in [3.63, 3.8) is 0 Å². The van der Waals surface area contributed by atoms with Crippen molar-refractivity contribution in [2.24, 2.45) is 5.92 Å². The highest BCUT2D eigenvalue weighted by Gasteiger charge is 2.28. The van der Waals surface area contributed by atoms with E-state index in [9.17, 15) is 18.0 Å². The summed E-state index contributed by atoms with van der Waals surface area (Å²) in [5.41, 5.74) is 0. The van der Waals surface area contributed by atoms with E-state index in [0.717, 1.165) is 0 Å². The molecule has 0 aliphatic carbocycles. The molecule has 0 saturated carbocycles. The summed E-state index contributed by atoms with van der Waals surface area (Å²) >= 11 is 0. The summed E-state index contributed by atoms with van der Waals surface area (Å²) in [6.07, 6.45) is -4.18. The van der Waals surface area contributed by atoms with Gasteiger partial charge in [0.25, 0.3) is 0 Å². The van der Waals surface area contributed by atoms with Gasteiger partial charge in [-0.3, -0.25) is 4.79 Å². The zero-order chi connectivity index (χ0) is 11.5. The molecule has 5 heteroatoms. The summed E-state index contributed by atoms with van der Waals surface area (Å²) in [7, 11) is 0. The van der Waals surface area contributed by atoms with Crippen LogP contribution < -0.4 is 0 Å². The van der Waals surface area contributed by atoms with Crippen molar-refractivity contribution in [2.75, 3.05) is 19.6 Å². The van der Waals surface area contributed by atoms with Crippen LogP contribution >= 0.6 is 0 Å². The predicted octanol–water partition coefficient (Wildman–Crippen LogP) is 2.24. The van der Waals surface area contributed by atoms with E-state index in [1.807, 2.05) is 11.8 Å². The number of halogens is 3. The molecule has 0 aromatic carbocycles. The van der Waals surface area contributed by atoms with Gasteiger partial charge in [0.1, 0.15) is 5.78 Å². The number of hydrogen-bond acceptors (Lipinski definition) is 2. The average Bonchev–Trinajstić information content (AvgIpc) is 2.09. The number of carbonyl (C=O) groups is 1. The van der Waals surface area contributed by atoms with Crippen LogP contribution in [0.2, 0.25) is 0 Å². The first-order valence-electron chi connectivity index (χ1n) is 5.20. The van der Waals surface area contributed by atoms with Crippen molar-refractivity contribution < 1.29 is 18.0 Å². The Labute approximate surface area is 87.4 Å². The Kier molecular flexibility index (Phi) is 4.13. The molecule has 1 rings (SSSR count). The molecule has 0 spiro atoms. The van der Waals surface area contributed by atoms with Gasteiger partial charge in [0, 0.05) is 31.8 Å². The van der Waals surface area contributed by atoms with Gasteiger partial charge in [0.15, 0.2) is 0 Å². The zero-order valence-electron chi connectivity index (χ0n) is 8.81. The van der Waals surface area contributed by atoms with Crippen molar-refractivity contribution in [3.8, 4) is 0 Å². The number of nitrogens with zero attached hydrogens (tertiary/aromatic N) is 1. The molecule has 0 aromatic heterocycles. The Morgan fingerprint density at radius 1 is 1.47 bits per heavy atom. The molecule has 0 amide bonds. The van der Waals surface area contributed by atoms with Crippen LogP contribution in [0.3, 0.4) is 0 Å². The van der Waals surface area contributed by atoms with Crippen LogP contribution in [0, 0.1) is 5.92 Å². The number of rotatable bonds is 3. The number of alkyl halides is 3. The minimum absolute atomic E-state index is 0.0235. The molecule has 15 heavy (non-hydrogen) atoms. The number of carbonyl (C=O) groups excluding carboxylic acids is 1. The van der Waals surface area contributed by atoms with Crippen molar-refractivity contribution in [1.82, 2.24) is 4.90 Å². The Balaban J connectivity index is 2.20. The van der Waals surface area contributed by atoms with Crippen LogP contribution in [0.15, 0.2) is 0 Å². The fourth-order valence-corrected chi connectivity index (χ4v) is 1.80. The number of hydrogen-bond donors (Lipinski definition) is 0. The Morgan fingerprint density at radius 3 is 2.67 bits per heavy atom. The predicted molar refractivity (Wildman–Crippen MR) is 50.5 cm³/mol. The van der Waals surface area contributed by atoms with Crippen molar-refractivity contribution in [1.29, 1.82) is 0 Å². The Hall–Kier alpha value is -0.580. The lowest BCUT2D eigenvalue weighted by Crippen LogP contribution is -2.40. The van der Waals surface area contributed by atoms with Gasteiger partial charge in [-0.05, 0) is 13.0 Å². The number of Topliss-reactive ketones (excluding diaryl/α,β-unsaturated/α-hetero) is 1. The van der Waals surface area contributed by atoms with Crippen molar-refractivity contribution >= 4 is 5.78 Å². The van der Waals surface area contributed by atoms with E-state index in [-0.39, 0.29) is 18.1 Å². The number of likely N-dealkylation sites (tertiary alicyclic amines) is 1. The molecule has 0 N–H and O–H groups in total. The van der Waals surface area contributed by atoms with E-state index in [2.05, 4.69) is 0 Å². The van der Waals surface area contributed by atoms with Crippen molar-refractivity contribution in [3.05, 3.63) is 0 Å². The minimum Gasteiger partial charge on any atom is -0.302 e. The van der Waals surface area contributed by atoms with Gasteiger partial charge in [0.05, 0.1) is 0 Å². The lowest BCUT2D eigenvalue weighted by molar-refractivity contribution is -0.137. The Bertz CT molecular complexity index is 227. The van der Waals surface area contributed by atoms with Gasteiger partial charge in [-0.2, -0.15) is 13.2 Å². The maximum absolute atomic E-state index is 11.9. The quantitative estimate of drug-likeness (QED) is 0.731. The first-order valence-corrected chi connectivity index (χ1v) is 5.20. The van der Waals surface area contributed by atoms with E-state index < -0.39 is 12.6 Å².